The SMILES string of the molecule is COc1ccc(OC)c(C2=NO[C@H](C(=O)Nc3cccc(C(C)=O)c3)C2)c1. The Morgan fingerprint density at radius 2 is 1.96 bits per heavy atom. The summed E-state index contributed by atoms with van der Waals surface area (Å²) in [5.41, 5.74) is 2.37. The number of benzene rings is 2. The molecule has 0 fully saturated rings. The van der Waals surface area contributed by atoms with Gasteiger partial charge < -0.3 is 19.6 Å². The van der Waals surface area contributed by atoms with Crippen LogP contribution in [0, 0.1) is 0 Å². The summed E-state index contributed by atoms with van der Waals surface area (Å²) < 4.78 is 10.6. The van der Waals surface area contributed by atoms with E-state index in [1.807, 2.05) is 0 Å². The minimum atomic E-state index is -0.767. The zero-order valence-corrected chi connectivity index (χ0v) is 15.3. The summed E-state index contributed by atoms with van der Waals surface area (Å²) in [6.07, 6.45) is -0.473. The first-order valence-corrected chi connectivity index (χ1v) is 8.38. The highest BCUT2D eigenvalue weighted by molar-refractivity contribution is 6.08. The first kappa shape index (κ1) is 18.4. The van der Waals surface area contributed by atoms with E-state index in [9.17, 15) is 9.59 Å². The van der Waals surface area contributed by atoms with Gasteiger partial charge in [-0.05, 0) is 37.3 Å². The van der Waals surface area contributed by atoms with Crippen molar-refractivity contribution in [2.45, 2.75) is 19.4 Å². The third kappa shape index (κ3) is 4.08. The minimum Gasteiger partial charge on any atom is -0.497 e. The van der Waals surface area contributed by atoms with Crippen molar-refractivity contribution < 1.29 is 23.9 Å². The van der Waals surface area contributed by atoms with E-state index in [0.29, 0.717) is 40.4 Å². The molecular weight excluding hydrogens is 348 g/mol. The molecule has 140 valence electrons. The Hall–Kier alpha value is -3.35. The molecule has 2 aromatic rings. The van der Waals surface area contributed by atoms with Crippen LogP contribution in [0.15, 0.2) is 47.6 Å². The Morgan fingerprint density at radius 1 is 1.15 bits per heavy atom. The Balaban J connectivity index is 1.71. The number of nitrogens with zero attached hydrogens (tertiary/aromatic N) is 1. The van der Waals surface area contributed by atoms with Gasteiger partial charge in [-0.1, -0.05) is 17.3 Å². The smallest absolute Gasteiger partial charge is 0.268 e. The third-order valence-electron chi connectivity index (χ3n) is 4.22. The summed E-state index contributed by atoms with van der Waals surface area (Å²) in [6.45, 7) is 1.47. The number of carbonyl (C=O) groups is 2. The lowest BCUT2D eigenvalue weighted by Gasteiger charge is -2.11. The number of ether oxygens (including phenoxy) is 2. The summed E-state index contributed by atoms with van der Waals surface area (Å²) >= 11 is 0. The molecule has 0 saturated carbocycles. The maximum absolute atomic E-state index is 12.5. The topological polar surface area (TPSA) is 86.2 Å². The van der Waals surface area contributed by atoms with Crippen LogP contribution in [0.25, 0.3) is 0 Å². The van der Waals surface area contributed by atoms with Crippen molar-refractivity contribution in [3.8, 4) is 11.5 Å². The molecule has 0 aromatic heterocycles. The van der Waals surface area contributed by atoms with Crippen molar-refractivity contribution in [2.75, 3.05) is 19.5 Å². The number of hydrogen-bond donors (Lipinski definition) is 1. The van der Waals surface area contributed by atoms with Crippen LogP contribution in [0.5, 0.6) is 11.5 Å². The molecule has 1 aliphatic rings. The monoisotopic (exact) mass is 368 g/mol. The van der Waals surface area contributed by atoms with Crippen molar-refractivity contribution in [1.29, 1.82) is 0 Å². The fourth-order valence-corrected chi connectivity index (χ4v) is 2.76. The van der Waals surface area contributed by atoms with Gasteiger partial charge in [-0.15, -0.1) is 0 Å². The predicted octanol–water partition coefficient (Wildman–Crippen LogP) is 3.04. The third-order valence-corrected chi connectivity index (χ3v) is 4.22. The molecular formula is C20H20N2O5. The van der Waals surface area contributed by atoms with Crippen LogP contribution < -0.4 is 14.8 Å². The fraction of sp³-hybridized carbons (Fsp3) is 0.250. The van der Waals surface area contributed by atoms with Gasteiger partial charge in [0.15, 0.2) is 5.78 Å². The highest BCUT2D eigenvalue weighted by Crippen LogP contribution is 2.29. The number of methoxy groups -OCH3 is 2. The van der Waals surface area contributed by atoms with Crippen molar-refractivity contribution in [2.24, 2.45) is 5.16 Å². The molecule has 7 heteroatoms. The second kappa shape index (κ2) is 7.90. The van der Waals surface area contributed by atoms with E-state index >= 15 is 0 Å². The molecule has 3 rings (SSSR count). The van der Waals surface area contributed by atoms with Crippen molar-refractivity contribution in [1.82, 2.24) is 0 Å². The molecule has 1 atom stereocenters. The Morgan fingerprint density at radius 3 is 2.67 bits per heavy atom. The van der Waals surface area contributed by atoms with E-state index in [-0.39, 0.29) is 11.7 Å². The summed E-state index contributed by atoms with van der Waals surface area (Å²) in [5, 5.41) is 6.80. The number of anilines is 1. The minimum absolute atomic E-state index is 0.0704. The molecule has 0 saturated heterocycles. The van der Waals surface area contributed by atoms with Gasteiger partial charge in [0.05, 0.1) is 19.9 Å². The molecule has 0 bridgehead atoms. The van der Waals surface area contributed by atoms with Gasteiger partial charge in [-0.25, -0.2) is 0 Å². The molecule has 1 aliphatic heterocycles. The van der Waals surface area contributed by atoms with E-state index in [1.54, 1.807) is 56.7 Å². The molecule has 1 N–H and O–H groups in total. The first-order chi connectivity index (χ1) is 13.0. The maximum Gasteiger partial charge on any atom is 0.268 e. The predicted molar refractivity (Wildman–Crippen MR) is 101 cm³/mol. The van der Waals surface area contributed by atoms with Crippen LogP contribution in [0.4, 0.5) is 5.69 Å². The van der Waals surface area contributed by atoms with E-state index in [4.69, 9.17) is 14.3 Å². The molecule has 1 amide bonds. The highest BCUT2D eigenvalue weighted by atomic mass is 16.6. The number of hydrogen-bond acceptors (Lipinski definition) is 6. The van der Waals surface area contributed by atoms with Crippen molar-refractivity contribution in [3.05, 3.63) is 53.6 Å². The average Bonchev–Trinajstić information content (AvgIpc) is 3.18. The van der Waals surface area contributed by atoms with Crippen molar-refractivity contribution >= 4 is 23.1 Å². The highest BCUT2D eigenvalue weighted by Gasteiger charge is 2.30. The molecule has 7 nitrogen and oxygen atoms in total. The lowest BCUT2D eigenvalue weighted by Crippen LogP contribution is -2.28. The zero-order chi connectivity index (χ0) is 19.4. The summed E-state index contributed by atoms with van der Waals surface area (Å²) in [5.74, 6) is 0.867. The van der Waals surface area contributed by atoms with Crippen LogP contribution in [-0.4, -0.2) is 37.7 Å². The lowest BCUT2D eigenvalue weighted by molar-refractivity contribution is -0.125. The average molecular weight is 368 g/mol. The lowest BCUT2D eigenvalue weighted by atomic mass is 10.0. The van der Waals surface area contributed by atoms with E-state index in [2.05, 4.69) is 10.5 Å². The summed E-state index contributed by atoms with van der Waals surface area (Å²) in [7, 11) is 3.14. The van der Waals surface area contributed by atoms with Gasteiger partial charge in [0.25, 0.3) is 5.91 Å². The summed E-state index contributed by atoms with van der Waals surface area (Å²) in [4.78, 5) is 29.3. The zero-order valence-electron chi connectivity index (χ0n) is 15.3. The number of oxime groups is 1. The summed E-state index contributed by atoms with van der Waals surface area (Å²) in [6, 6.07) is 12.1. The number of ketones is 1. The van der Waals surface area contributed by atoms with Crippen LogP contribution >= 0.6 is 0 Å². The largest absolute Gasteiger partial charge is 0.497 e. The molecule has 0 unspecified atom stereocenters. The number of Topliss-reactive ketones (excluding diaryl/α,β-unsaturated/α-hetero) is 1. The number of carbonyl (C=O) groups excluding carboxylic acids is 2. The van der Waals surface area contributed by atoms with Crippen LogP contribution in [0.3, 0.4) is 0 Å². The van der Waals surface area contributed by atoms with Gasteiger partial charge in [0, 0.05) is 23.2 Å². The maximum atomic E-state index is 12.5. The first-order valence-electron chi connectivity index (χ1n) is 8.38. The van der Waals surface area contributed by atoms with Crippen LogP contribution in [0.1, 0.15) is 29.3 Å². The Labute approximate surface area is 156 Å². The van der Waals surface area contributed by atoms with Crippen molar-refractivity contribution in [3.63, 3.8) is 0 Å². The molecule has 0 aliphatic carbocycles. The molecule has 2 aromatic carbocycles. The molecule has 1 heterocycles. The number of rotatable bonds is 6. The Bertz CT molecular complexity index is 907. The molecule has 0 radical (unpaired) electrons. The second-order valence-electron chi connectivity index (χ2n) is 6.03. The van der Waals surface area contributed by atoms with Gasteiger partial charge in [0.2, 0.25) is 6.10 Å². The van der Waals surface area contributed by atoms with Gasteiger partial charge in [-0.2, -0.15) is 0 Å². The van der Waals surface area contributed by atoms with E-state index in [1.165, 1.54) is 6.92 Å². The number of nitrogens with one attached hydrogen (secondary N) is 1. The van der Waals surface area contributed by atoms with Gasteiger partial charge in [0.1, 0.15) is 11.5 Å². The van der Waals surface area contributed by atoms with Gasteiger partial charge >= 0.3 is 0 Å². The van der Waals surface area contributed by atoms with Crippen LogP contribution in [-0.2, 0) is 9.63 Å². The second-order valence-corrected chi connectivity index (χ2v) is 6.03. The van der Waals surface area contributed by atoms with E-state index in [0.717, 1.165) is 0 Å². The fourth-order valence-electron chi connectivity index (χ4n) is 2.76. The van der Waals surface area contributed by atoms with E-state index < -0.39 is 6.10 Å². The standard InChI is InChI=1S/C20H20N2O5/c1-12(23)13-5-4-6-14(9-13)21-20(24)19-11-17(22-27-19)16-10-15(25-2)7-8-18(16)26-3/h4-10,19H,11H2,1-3H3,(H,21,24)/t19-/m0/s1. The van der Waals surface area contributed by atoms with Crippen LogP contribution in [0.2, 0.25) is 0 Å². The molecule has 27 heavy (non-hydrogen) atoms. The normalized spacial score (nSPS) is 15.5. The quantitative estimate of drug-likeness (QED) is 0.792. The Kier molecular flexibility index (Phi) is 5.40. The van der Waals surface area contributed by atoms with Gasteiger partial charge in [-0.3, -0.25) is 9.59 Å². The number of amides is 1. The molecule has 0 spiro atoms.